The molecule has 2 rings (SSSR count). The van der Waals surface area contributed by atoms with E-state index in [2.05, 4.69) is 16.8 Å². The molecule has 2 unspecified atom stereocenters. The molecule has 0 bridgehead atoms. The van der Waals surface area contributed by atoms with Crippen molar-refractivity contribution in [2.45, 2.75) is 32.6 Å². The molecule has 112 valence electrons. The molecule has 2 atom stereocenters. The number of methoxy groups -OCH3 is 1. The van der Waals surface area contributed by atoms with Crippen molar-refractivity contribution in [2.75, 3.05) is 31.7 Å². The highest BCUT2D eigenvalue weighted by atomic mass is 32.1. The van der Waals surface area contributed by atoms with E-state index >= 15 is 0 Å². The first-order chi connectivity index (χ1) is 9.56. The van der Waals surface area contributed by atoms with E-state index in [0.29, 0.717) is 10.8 Å². The van der Waals surface area contributed by atoms with Gasteiger partial charge in [-0.15, -0.1) is 0 Å². The third-order valence-corrected chi connectivity index (χ3v) is 4.99. The number of ether oxygens (including phenoxy) is 1. The molecule has 5 nitrogen and oxygen atoms in total. The summed E-state index contributed by atoms with van der Waals surface area (Å²) < 4.78 is 5.19. The maximum Gasteiger partial charge on any atom is 0.347 e. The van der Waals surface area contributed by atoms with E-state index in [9.17, 15) is 9.90 Å². The van der Waals surface area contributed by atoms with Crippen LogP contribution in [0.3, 0.4) is 0 Å². The number of aromatic nitrogens is 1. The fourth-order valence-electron chi connectivity index (χ4n) is 2.51. The lowest BCUT2D eigenvalue weighted by molar-refractivity contribution is 0.0700. The number of hydrogen-bond acceptors (Lipinski definition) is 5. The van der Waals surface area contributed by atoms with Crippen LogP contribution in [0.25, 0.3) is 0 Å². The van der Waals surface area contributed by atoms with Crippen molar-refractivity contribution in [1.29, 1.82) is 0 Å². The molecule has 6 heteroatoms. The minimum absolute atomic E-state index is 0.184. The summed E-state index contributed by atoms with van der Waals surface area (Å²) in [7, 11) is 1.72. The Hall–Kier alpha value is -1.14. The third kappa shape index (κ3) is 3.12. The van der Waals surface area contributed by atoms with Crippen LogP contribution in [0, 0.1) is 5.92 Å². The zero-order valence-corrected chi connectivity index (χ0v) is 13.1. The van der Waals surface area contributed by atoms with Gasteiger partial charge in [0.2, 0.25) is 0 Å². The van der Waals surface area contributed by atoms with Gasteiger partial charge in [-0.3, -0.25) is 0 Å². The standard InChI is InChI=1S/C14H22N2O3S/c1-4-9(2)11-12(13(17)18)20-14(15-11)16-6-5-10(7-16)8-19-3/h9-10H,4-8H2,1-3H3,(H,17,18). The summed E-state index contributed by atoms with van der Waals surface area (Å²) in [5, 5.41) is 10.2. The SMILES string of the molecule is CCC(C)c1nc(N2CCC(COC)C2)sc1C(=O)O. The molecular formula is C14H22N2O3S. The quantitative estimate of drug-likeness (QED) is 0.875. The van der Waals surface area contributed by atoms with Crippen molar-refractivity contribution in [2.24, 2.45) is 5.92 Å². The summed E-state index contributed by atoms with van der Waals surface area (Å²) in [5.74, 6) is -0.163. The molecule has 0 spiro atoms. The minimum Gasteiger partial charge on any atom is -0.477 e. The topological polar surface area (TPSA) is 62.7 Å². The Balaban J connectivity index is 2.19. The number of aromatic carboxylic acids is 1. The zero-order chi connectivity index (χ0) is 14.7. The molecule has 1 aliphatic heterocycles. The Morgan fingerprint density at radius 2 is 2.40 bits per heavy atom. The molecule has 1 saturated heterocycles. The Bertz CT molecular complexity index is 475. The fraction of sp³-hybridized carbons (Fsp3) is 0.714. The average Bonchev–Trinajstić information content (AvgIpc) is 3.04. The van der Waals surface area contributed by atoms with Crippen LogP contribution < -0.4 is 4.90 Å². The molecule has 0 radical (unpaired) electrons. The molecule has 1 aliphatic rings. The zero-order valence-electron chi connectivity index (χ0n) is 12.3. The number of anilines is 1. The first-order valence-electron chi connectivity index (χ1n) is 7.04. The van der Waals surface area contributed by atoms with E-state index in [1.165, 1.54) is 11.3 Å². The van der Waals surface area contributed by atoms with Crippen LogP contribution in [0.1, 0.15) is 48.0 Å². The number of carboxylic acid groups (broad SMARTS) is 1. The summed E-state index contributed by atoms with van der Waals surface area (Å²) in [6, 6.07) is 0. The van der Waals surface area contributed by atoms with Gasteiger partial charge in [-0.2, -0.15) is 0 Å². The number of rotatable bonds is 6. The molecule has 1 fully saturated rings. The summed E-state index contributed by atoms with van der Waals surface area (Å²) in [5.41, 5.74) is 0.732. The first-order valence-corrected chi connectivity index (χ1v) is 7.86. The van der Waals surface area contributed by atoms with Crippen LogP contribution in [0.2, 0.25) is 0 Å². The predicted octanol–water partition coefficient (Wildman–Crippen LogP) is 2.83. The Kier molecular flexibility index (Phi) is 4.99. The van der Waals surface area contributed by atoms with Gasteiger partial charge in [-0.1, -0.05) is 25.2 Å². The minimum atomic E-state index is -0.864. The number of carboxylic acids is 1. The first kappa shape index (κ1) is 15.3. The van der Waals surface area contributed by atoms with Crippen LogP contribution >= 0.6 is 11.3 Å². The molecular weight excluding hydrogens is 276 g/mol. The highest BCUT2D eigenvalue weighted by molar-refractivity contribution is 7.17. The van der Waals surface area contributed by atoms with Gasteiger partial charge in [-0.05, 0) is 18.8 Å². The maximum atomic E-state index is 11.4. The van der Waals surface area contributed by atoms with Crippen molar-refractivity contribution < 1.29 is 14.6 Å². The molecule has 0 saturated carbocycles. The predicted molar refractivity (Wildman–Crippen MR) is 80.0 cm³/mol. The second-order valence-corrected chi connectivity index (χ2v) is 6.36. The second kappa shape index (κ2) is 6.54. The monoisotopic (exact) mass is 298 g/mol. The molecule has 0 aliphatic carbocycles. The van der Waals surface area contributed by atoms with Crippen LogP contribution in [0.5, 0.6) is 0 Å². The van der Waals surface area contributed by atoms with E-state index in [0.717, 1.165) is 43.4 Å². The number of thiazole rings is 1. The largest absolute Gasteiger partial charge is 0.477 e. The van der Waals surface area contributed by atoms with Crippen LogP contribution in [0.15, 0.2) is 0 Å². The summed E-state index contributed by atoms with van der Waals surface area (Å²) in [6.07, 6.45) is 1.98. The van der Waals surface area contributed by atoms with Crippen LogP contribution in [-0.2, 0) is 4.74 Å². The van der Waals surface area contributed by atoms with Gasteiger partial charge in [0.1, 0.15) is 4.88 Å². The van der Waals surface area contributed by atoms with Crippen LogP contribution in [0.4, 0.5) is 5.13 Å². The Labute approximate surface area is 123 Å². The summed E-state index contributed by atoms with van der Waals surface area (Å²) >= 11 is 1.30. The fourth-order valence-corrected chi connectivity index (χ4v) is 3.57. The van der Waals surface area contributed by atoms with E-state index in [1.807, 2.05) is 6.92 Å². The van der Waals surface area contributed by atoms with Crippen molar-refractivity contribution in [1.82, 2.24) is 4.98 Å². The van der Waals surface area contributed by atoms with Gasteiger partial charge in [0.05, 0.1) is 12.3 Å². The molecule has 0 amide bonds. The van der Waals surface area contributed by atoms with E-state index in [4.69, 9.17) is 4.74 Å². The van der Waals surface area contributed by atoms with Crippen molar-refractivity contribution in [3.05, 3.63) is 10.6 Å². The van der Waals surface area contributed by atoms with Crippen molar-refractivity contribution in [3.8, 4) is 0 Å². The summed E-state index contributed by atoms with van der Waals surface area (Å²) in [4.78, 5) is 18.6. The van der Waals surface area contributed by atoms with Gasteiger partial charge >= 0.3 is 5.97 Å². The van der Waals surface area contributed by atoms with Gasteiger partial charge in [0, 0.05) is 26.1 Å². The smallest absolute Gasteiger partial charge is 0.347 e. The van der Waals surface area contributed by atoms with Gasteiger partial charge in [0.25, 0.3) is 0 Å². The molecule has 1 N–H and O–H groups in total. The van der Waals surface area contributed by atoms with Crippen molar-refractivity contribution in [3.63, 3.8) is 0 Å². The molecule has 20 heavy (non-hydrogen) atoms. The lowest BCUT2D eigenvalue weighted by Gasteiger charge is -2.14. The average molecular weight is 298 g/mol. The molecule has 0 aromatic carbocycles. The normalized spacial score (nSPS) is 20.4. The second-order valence-electron chi connectivity index (χ2n) is 5.38. The Morgan fingerprint density at radius 3 is 3.00 bits per heavy atom. The van der Waals surface area contributed by atoms with E-state index in [1.54, 1.807) is 7.11 Å². The van der Waals surface area contributed by atoms with Crippen LogP contribution in [-0.4, -0.2) is 42.9 Å². The number of nitrogens with zero attached hydrogens (tertiary/aromatic N) is 2. The lowest BCUT2D eigenvalue weighted by atomic mass is 10.0. The lowest BCUT2D eigenvalue weighted by Crippen LogP contribution is -2.20. The third-order valence-electron chi connectivity index (χ3n) is 3.87. The molecule has 1 aromatic rings. The number of carbonyl (C=O) groups is 1. The summed E-state index contributed by atoms with van der Waals surface area (Å²) in [6.45, 7) is 6.68. The highest BCUT2D eigenvalue weighted by Crippen LogP contribution is 2.34. The molecule has 2 heterocycles. The molecule has 1 aromatic heterocycles. The van der Waals surface area contributed by atoms with Crippen molar-refractivity contribution >= 4 is 22.4 Å². The van der Waals surface area contributed by atoms with Gasteiger partial charge < -0.3 is 14.7 Å². The number of hydrogen-bond donors (Lipinski definition) is 1. The highest BCUT2D eigenvalue weighted by Gasteiger charge is 2.28. The van der Waals surface area contributed by atoms with E-state index < -0.39 is 5.97 Å². The Morgan fingerprint density at radius 1 is 1.65 bits per heavy atom. The van der Waals surface area contributed by atoms with Gasteiger partial charge in [-0.25, -0.2) is 9.78 Å². The van der Waals surface area contributed by atoms with E-state index in [-0.39, 0.29) is 5.92 Å². The maximum absolute atomic E-state index is 11.4. The van der Waals surface area contributed by atoms with Gasteiger partial charge in [0.15, 0.2) is 5.13 Å².